The zero-order valence-corrected chi connectivity index (χ0v) is 11.7. The van der Waals surface area contributed by atoms with Crippen molar-refractivity contribution in [2.45, 2.75) is 56.9 Å². The Bertz CT molecular complexity index is 378. The van der Waals surface area contributed by atoms with E-state index in [1.165, 1.54) is 37.1 Å². The number of hydrogen-bond donors (Lipinski definition) is 1. The first-order valence-corrected chi connectivity index (χ1v) is 7.98. The molecule has 3 rings (SSSR count). The van der Waals surface area contributed by atoms with Crippen LogP contribution in [0.25, 0.3) is 0 Å². The maximum absolute atomic E-state index is 5.96. The molecule has 18 heavy (non-hydrogen) atoms. The molecule has 0 radical (unpaired) electrons. The Kier molecular flexibility index (Phi) is 3.80. The van der Waals surface area contributed by atoms with Crippen molar-refractivity contribution in [1.82, 2.24) is 10.2 Å². The van der Waals surface area contributed by atoms with E-state index >= 15 is 0 Å². The minimum Gasteiger partial charge on any atom is -0.347 e. The Labute approximate surface area is 113 Å². The summed E-state index contributed by atoms with van der Waals surface area (Å²) >= 11 is 1.81. The molecule has 1 aliphatic heterocycles. The molecular formula is C13H22N4S. The van der Waals surface area contributed by atoms with Crippen molar-refractivity contribution in [3.05, 3.63) is 5.01 Å². The van der Waals surface area contributed by atoms with Gasteiger partial charge in [0, 0.05) is 25.0 Å². The number of nitrogens with two attached hydrogens (primary N) is 1. The zero-order valence-electron chi connectivity index (χ0n) is 10.8. The van der Waals surface area contributed by atoms with Crippen LogP contribution in [0.5, 0.6) is 0 Å². The van der Waals surface area contributed by atoms with Crippen LogP contribution >= 0.6 is 11.3 Å². The summed E-state index contributed by atoms with van der Waals surface area (Å²) in [6.07, 6.45) is 8.63. The minimum atomic E-state index is 0.413. The summed E-state index contributed by atoms with van der Waals surface area (Å²) in [5.41, 5.74) is 5.96. The van der Waals surface area contributed by atoms with Crippen molar-refractivity contribution in [3.63, 3.8) is 0 Å². The van der Waals surface area contributed by atoms with Crippen molar-refractivity contribution in [2.75, 3.05) is 18.0 Å². The van der Waals surface area contributed by atoms with Crippen LogP contribution in [0.2, 0.25) is 0 Å². The lowest BCUT2D eigenvalue weighted by molar-refractivity contribution is 0.393. The van der Waals surface area contributed by atoms with E-state index in [2.05, 4.69) is 15.1 Å². The van der Waals surface area contributed by atoms with Gasteiger partial charge < -0.3 is 10.6 Å². The molecule has 0 spiro atoms. The maximum Gasteiger partial charge on any atom is 0.208 e. The lowest BCUT2D eigenvalue weighted by atomic mass is 9.87. The molecule has 5 heteroatoms. The van der Waals surface area contributed by atoms with Crippen LogP contribution in [0.1, 0.15) is 55.9 Å². The van der Waals surface area contributed by atoms with Gasteiger partial charge in [0.15, 0.2) is 0 Å². The van der Waals surface area contributed by atoms with E-state index in [1.807, 2.05) is 11.3 Å². The smallest absolute Gasteiger partial charge is 0.208 e. The monoisotopic (exact) mass is 266 g/mol. The first-order valence-electron chi connectivity index (χ1n) is 7.17. The molecular weight excluding hydrogens is 244 g/mol. The standard InChI is InChI=1S/C13H22N4S/c14-11-6-4-10(5-7-11)12-15-16-13(18-12)17-8-2-1-3-9-17/h10-11H,1-9,14H2. The fourth-order valence-electron chi connectivity index (χ4n) is 2.97. The molecule has 1 aliphatic carbocycles. The van der Waals surface area contributed by atoms with Gasteiger partial charge in [0.1, 0.15) is 5.01 Å². The number of aromatic nitrogens is 2. The van der Waals surface area contributed by atoms with Gasteiger partial charge in [0.2, 0.25) is 5.13 Å². The Morgan fingerprint density at radius 1 is 1.00 bits per heavy atom. The van der Waals surface area contributed by atoms with E-state index in [0.29, 0.717) is 12.0 Å². The Hall–Kier alpha value is -0.680. The normalized spacial score (nSPS) is 29.5. The molecule has 2 fully saturated rings. The fourth-order valence-corrected chi connectivity index (χ4v) is 4.03. The second-order valence-corrected chi connectivity index (χ2v) is 6.57. The van der Waals surface area contributed by atoms with Gasteiger partial charge in [0.25, 0.3) is 0 Å². The van der Waals surface area contributed by atoms with Gasteiger partial charge in [-0.15, -0.1) is 10.2 Å². The predicted octanol–water partition coefficient (Wildman–Crippen LogP) is 2.51. The first-order chi connectivity index (χ1) is 8.83. The second-order valence-electron chi connectivity index (χ2n) is 5.58. The van der Waals surface area contributed by atoms with E-state index in [1.54, 1.807) is 0 Å². The number of rotatable bonds is 2. The summed E-state index contributed by atoms with van der Waals surface area (Å²) in [5.74, 6) is 0.612. The van der Waals surface area contributed by atoms with Crippen molar-refractivity contribution in [3.8, 4) is 0 Å². The third kappa shape index (κ3) is 2.67. The number of piperidine rings is 1. The average Bonchev–Trinajstić information content (AvgIpc) is 2.90. The quantitative estimate of drug-likeness (QED) is 0.893. The van der Waals surface area contributed by atoms with Crippen LogP contribution in [0, 0.1) is 0 Å². The number of anilines is 1. The Balaban J connectivity index is 1.65. The van der Waals surface area contributed by atoms with E-state index in [4.69, 9.17) is 5.73 Å². The molecule has 4 nitrogen and oxygen atoms in total. The number of nitrogens with zero attached hydrogens (tertiary/aromatic N) is 3. The molecule has 2 aliphatic rings. The maximum atomic E-state index is 5.96. The SMILES string of the molecule is NC1CCC(c2nnc(N3CCCCC3)s2)CC1. The lowest BCUT2D eigenvalue weighted by Crippen LogP contribution is -2.29. The molecule has 0 unspecified atom stereocenters. The minimum absolute atomic E-state index is 0.413. The molecule has 1 saturated carbocycles. The summed E-state index contributed by atoms with van der Waals surface area (Å²) in [5, 5.41) is 11.2. The summed E-state index contributed by atoms with van der Waals surface area (Å²) in [6, 6.07) is 0.413. The predicted molar refractivity (Wildman–Crippen MR) is 75.2 cm³/mol. The third-order valence-electron chi connectivity index (χ3n) is 4.18. The molecule has 0 bridgehead atoms. The highest BCUT2D eigenvalue weighted by Gasteiger charge is 2.24. The van der Waals surface area contributed by atoms with Crippen LogP contribution in [0.4, 0.5) is 5.13 Å². The molecule has 1 aromatic heterocycles. The largest absolute Gasteiger partial charge is 0.347 e. The van der Waals surface area contributed by atoms with Crippen molar-refractivity contribution in [1.29, 1.82) is 0 Å². The summed E-state index contributed by atoms with van der Waals surface area (Å²) < 4.78 is 0. The van der Waals surface area contributed by atoms with Gasteiger partial charge in [-0.05, 0) is 44.9 Å². The Morgan fingerprint density at radius 3 is 2.44 bits per heavy atom. The molecule has 100 valence electrons. The number of hydrogen-bond acceptors (Lipinski definition) is 5. The van der Waals surface area contributed by atoms with Crippen molar-refractivity contribution < 1.29 is 0 Å². The van der Waals surface area contributed by atoms with Gasteiger partial charge in [-0.25, -0.2) is 0 Å². The van der Waals surface area contributed by atoms with E-state index in [9.17, 15) is 0 Å². The average molecular weight is 266 g/mol. The molecule has 0 atom stereocenters. The highest BCUT2D eigenvalue weighted by Crippen LogP contribution is 2.36. The fraction of sp³-hybridized carbons (Fsp3) is 0.846. The van der Waals surface area contributed by atoms with Gasteiger partial charge in [0.05, 0.1) is 0 Å². The molecule has 0 amide bonds. The topological polar surface area (TPSA) is 55.0 Å². The van der Waals surface area contributed by atoms with Crippen LogP contribution in [-0.4, -0.2) is 29.3 Å². The summed E-state index contributed by atoms with van der Waals surface area (Å²) in [7, 11) is 0. The molecule has 1 aromatic rings. The van der Waals surface area contributed by atoms with Gasteiger partial charge in [-0.2, -0.15) is 0 Å². The second kappa shape index (κ2) is 5.53. The van der Waals surface area contributed by atoms with Gasteiger partial charge in [-0.3, -0.25) is 0 Å². The van der Waals surface area contributed by atoms with Crippen LogP contribution in [0.15, 0.2) is 0 Å². The van der Waals surface area contributed by atoms with Crippen LogP contribution in [0.3, 0.4) is 0 Å². The Morgan fingerprint density at radius 2 is 1.72 bits per heavy atom. The van der Waals surface area contributed by atoms with E-state index < -0.39 is 0 Å². The van der Waals surface area contributed by atoms with E-state index in [0.717, 1.165) is 31.1 Å². The summed E-state index contributed by atoms with van der Waals surface area (Å²) in [4.78, 5) is 2.40. The van der Waals surface area contributed by atoms with Crippen LogP contribution < -0.4 is 10.6 Å². The highest BCUT2D eigenvalue weighted by molar-refractivity contribution is 7.15. The molecule has 2 heterocycles. The van der Waals surface area contributed by atoms with Crippen LogP contribution in [-0.2, 0) is 0 Å². The molecule has 2 N–H and O–H groups in total. The highest BCUT2D eigenvalue weighted by atomic mass is 32.1. The zero-order chi connectivity index (χ0) is 12.4. The molecule has 0 aromatic carbocycles. The summed E-state index contributed by atoms with van der Waals surface area (Å²) in [6.45, 7) is 2.31. The van der Waals surface area contributed by atoms with Crippen molar-refractivity contribution in [2.24, 2.45) is 5.73 Å². The lowest BCUT2D eigenvalue weighted by Gasteiger charge is -2.25. The van der Waals surface area contributed by atoms with E-state index in [-0.39, 0.29) is 0 Å². The van der Waals surface area contributed by atoms with Crippen molar-refractivity contribution >= 4 is 16.5 Å². The first kappa shape index (κ1) is 12.4. The van der Waals surface area contributed by atoms with Gasteiger partial charge in [-0.1, -0.05) is 11.3 Å². The molecule has 1 saturated heterocycles. The van der Waals surface area contributed by atoms with Gasteiger partial charge >= 0.3 is 0 Å². The third-order valence-corrected chi connectivity index (χ3v) is 5.32.